The number of fused-ring (bicyclic) bond motifs is 1. The van der Waals surface area contributed by atoms with Crippen molar-refractivity contribution in [3.05, 3.63) is 0 Å². The molecular formula is C18H34O3Si. The highest BCUT2D eigenvalue weighted by Gasteiger charge is 2.60. The fraction of sp³-hybridized carbons (Fsp3) is 1.00. The predicted octanol–water partition coefficient (Wildman–Crippen LogP) is 4.25. The van der Waals surface area contributed by atoms with Gasteiger partial charge in [0.15, 0.2) is 8.32 Å². The summed E-state index contributed by atoms with van der Waals surface area (Å²) < 4.78 is 13.0. The minimum Gasteiger partial charge on any atom is -0.416 e. The van der Waals surface area contributed by atoms with Gasteiger partial charge in [-0.25, -0.2) is 0 Å². The average molecular weight is 327 g/mol. The number of hydrogen-bond donors (Lipinski definition) is 1. The first kappa shape index (κ1) is 16.9. The second kappa shape index (κ2) is 5.30. The lowest BCUT2D eigenvalue weighted by atomic mass is 9.77. The third-order valence-corrected chi connectivity index (χ3v) is 11.6. The third kappa shape index (κ3) is 2.60. The molecule has 1 saturated carbocycles. The van der Waals surface area contributed by atoms with Crippen molar-refractivity contribution in [2.45, 2.75) is 101 Å². The van der Waals surface area contributed by atoms with Crippen LogP contribution in [0.15, 0.2) is 0 Å². The molecule has 3 aliphatic rings. The van der Waals surface area contributed by atoms with Crippen molar-refractivity contribution in [2.24, 2.45) is 5.92 Å². The van der Waals surface area contributed by atoms with Gasteiger partial charge in [-0.15, -0.1) is 0 Å². The zero-order valence-corrected chi connectivity index (χ0v) is 16.1. The first-order valence-electron chi connectivity index (χ1n) is 9.13. The first-order valence-corrected chi connectivity index (χ1v) is 12.0. The minimum absolute atomic E-state index is 0.219. The van der Waals surface area contributed by atoms with Crippen LogP contribution < -0.4 is 0 Å². The molecule has 1 spiro atoms. The number of hydrogen-bond acceptors (Lipinski definition) is 3. The van der Waals surface area contributed by atoms with Gasteiger partial charge in [-0.1, -0.05) is 20.8 Å². The molecule has 0 aromatic heterocycles. The smallest absolute Gasteiger partial charge is 0.191 e. The first-order chi connectivity index (χ1) is 10.1. The van der Waals surface area contributed by atoms with Gasteiger partial charge in [-0.3, -0.25) is 0 Å². The summed E-state index contributed by atoms with van der Waals surface area (Å²) in [5.41, 5.74) is -0.781. The highest BCUT2D eigenvalue weighted by atomic mass is 28.4. The zero-order valence-electron chi connectivity index (χ0n) is 15.1. The summed E-state index contributed by atoms with van der Waals surface area (Å²) in [6.45, 7) is 12.3. The van der Waals surface area contributed by atoms with Crippen molar-refractivity contribution in [2.75, 3.05) is 6.61 Å². The van der Waals surface area contributed by atoms with Crippen LogP contribution >= 0.6 is 0 Å². The lowest BCUT2D eigenvalue weighted by Crippen LogP contribution is -2.48. The summed E-state index contributed by atoms with van der Waals surface area (Å²) in [5.74, 6) is 0.461. The van der Waals surface area contributed by atoms with Crippen molar-refractivity contribution in [3.63, 3.8) is 0 Å². The monoisotopic (exact) mass is 326 g/mol. The number of ether oxygens (including phenoxy) is 1. The molecule has 4 heteroatoms. The van der Waals surface area contributed by atoms with Crippen LogP contribution in [0.4, 0.5) is 0 Å². The van der Waals surface area contributed by atoms with Crippen LogP contribution in [0, 0.1) is 5.92 Å². The molecule has 0 aromatic rings. The molecule has 2 bridgehead atoms. The van der Waals surface area contributed by atoms with Gasteiger partial charge in [0.2, 0.25) is 0 Å². The fourth-order valence-corrected chi connectivity index (χ4v) is 5.52. The standard InChI is InChI=1S/C18H34O3Si/c1-16(2,3)22(4,5)20-13-14-7-11-17(19)9-6-10-18(17)12-8-15(14)21-18/h14-15,19H,6-13H2,1-5H3/t14-,15+,17-,18-/m0/s1. The molecule has 4 atom stereocenters. The van der Waals surface area contributed by atoms with Crippen LogP contribution in [0.25, 0.3) is 0 Å². The maximum atomic E-state index is 11.1. The molecule has 22 heavy (non-hydrogen) atoms. The SMILES string of the molecule is CC(C)(C)[Si](C)(C)OC[C@@H]1CC[C@@]2(O)CCC[C@]23CC[C@H]1O3. The van der Waals surface area contributed by atoms with Crippen LogP contribution in [0.5, 0.6) is 0 Å². The quantitative estimate of drug-likeness (QED) is 0.788. The van der Waals surface area contributed by atoms with Crippen LogP contribution in [0.1, 0.15) is 65.7 Å². The number of rotatable bonds is 3. The lowest BCUT2D eigenvalue weighted by molar-refractivity contribution is -0.153. The zero-order chi connectivity index (χ0) is 16.2. The highest BCUT2D eigenvalue weighted by molar-refractivity contribution is 6.74. The van der Waals surface area contributed by atoms with E-state index in [0.717, 1.165) is 51.6 Å². The molecule has 3 rings (SSSR count). The second-order valence-electron chi connectivity index (χ2n) is 9.44. The van der Waals surface area contributed by atoms with E-state index in [9.17, 15) is 5.11 Å². The summed E-state index contributed by atoms with van der Waals surface area (Å²) >= 11 is 0. The largest absolute Gasteiger partial charge is 0.416 e. The normalized spacial score (nSPS) is 42.3. The maximum absolute atomic E-state index is 11.1. The van der Waals surface area contributed by atoms with Gasteiger partial charge in [0.05, 0.1) is 17.3 Å². The van der Waals surface area contributed by atoms with Crippen LogP contribution in [0.2, 0.25) is 18.1 Å². The van der Waals surface area contributed by atoms with Crippen LogP contribution in [-0.4, -0.2) is 37.3 Å². The minimum atomic E-state index is -1.70. The summed E-state index contributed by atoms with van der Waals surface area (Å²) in [6.07, 6.45) is 7.50. The molecule has 3 fully saturated rings. The summed E-state index contributed by atoms with van der Waals surface area (Å²) in [7, 11) is -1.70. The maximum Gasteiger partial charge on any atom is 0.191 e. The van der Waals surface area contributed by atoms with Crippen molar-refractivity contribution >= 4 is 8.32 Å². The molecular weight excluding hydrogens is 292 g/mol. The van der Waals surface area contributed by atoms with Crippen molar-refractivity contribution in [1.82, 2.24) is 0 Å². The van der Waals surface area contributed by atoms with Crippen molar-refractivity contribution < 1.29 is 14.3 Å². The topological polar surface area (TPSA) is 38.7 Å². The van der Waals surface area contributed by atoms with E-state index in [-0.39, 0.29) is 10.6 Å². The molecule has 128 valence electrons. The van der Waals surface area contributed by atoms with Gasteiger partial charge >= 0.3 is 0 Å². The molecule has 1 aliphatic carbocycles. The predicted molar refractivity (Wildman–Crippen MR) is 91.5 cm³/mol. The molecule has 3 nitrogen and oxygen atoms in total. The fourth-order valence-electron chi connectivity index (χ4n) is 4.45. The molecule has 2 aliphatic heterocycles. The Morgan fingerprint density at radius 1 is 1.14 bits per heavy atom. The Hall–Kier alpha value is 0.0969. The molecule has 2 saturated heterocycles. The number of aliphatic hydroxyl groups is 1. The van der Waals surface area contributed by atoms with Crippen molar-refractivity contribution in [1.29, 1.82) is 0 Å². The molecule has 0 unspecified atom stereocenters. The Kier molecular flexibility index (Phi) is 4.08. The molecule has 0 amide bonds. The van der Waals surface area contributed by atoms with E-state index in [2.05, 4.69) is 33.9 Å². The summed E-state index contributed by atoms with van der Waals surface area (Å²) in [4.78, 5) is 0. The van der Waals surface area contributed by atoms with E-state index in [1.165, 1.54) is 0 Å². The van der Waals surface area contributed by atoms with Gasteiger partial charge in [0.25, 0.3) is 0 Å². The van der Waals surface area contributed by atoms with Crippen LogP contribution in [0.3, 0.4) is 0 Å². The third-order valence-electron chi connectivity index (χ3n) is 7.15. The second-order valence-corrected chi connectivity index (χ2v) is 14.3. The Morgan fingerprint density at radius 2 is 1.86 bits per heavy atom. The van der Waals surface area contributed by atoms with E-state index in [4.69, 9.17) is 9.16 Å². The lowest BCUT2D eigenvalue weighted by Gasteiger charge is -2.38. The molecule has 0 radical (unpaired) electrons. The molecule has 1 N–H and O–H groups in total. The van der Waals surface area contributed by atoms with E-state index in [0.29, 0.717) is 12.0 Å². The summed E-state index contributed by atoms with van der Waals surface area (Å²) in [6, 6.07) is 0. The van der Waals surface area contributed by atoms with Crippen LogP contribution in [-0.2, 0) is 9.16 Å². The molecule has 2 heterocycles. The van der Waals surface area contributed by atoms with Gasteiger partial charge in [0.1, 0.15) is 0 Å². The Morgan fingerprint density at radius 3 is 2.55 bits per heavy atom. The van der Waals surface area contributed by atoms with Crippen molar-refractivity contribution in [3.8, 4) is 0 Å². The Bertz CT molecular complexity index is 431. The van der Waals surface area contributed by atoms with Gasteiger partial charge in [-0.05, 0) is 63.1 Å². The van der Waals surface area contributed by atoms with Gasteiger partial charge in [0, 0.05) is 12.5 Å². The van der Waals surface area contributed by atoms with E-state index < -0.39 is 13.9 Å². The molecule has 0 aromatic carbocycles. The van der Waals surface area contributed by atoms with E-state index in [1.54, 1.807) is 0 Å². The van der Waals surface area contributed by atoms with E-state index >= 15 is 0 Å². The highest BCUT2D eigenvalue weighted by Crippen LogP contribution is 2.55. The Labute approximate surface area is 136 Å². The van der Waals surface area contributed by atoms with Gasteiger partial charge < -0.3 is 14.3 Å². The van der Waals surface area contributed by atoms with Gasteiger partial charge in [-0.2, -0.15) is 0 Å². The average Bonchev–Trinajstić information content (AvgIpc) is 2.92. The van der Waals surface area contributed by atoms with E-state index in [1.807, 2.05) is 0 Å². The Balaban J connectivity index is 1.68. The summed E-state index contributed by atoms with van der Waals surface area (Å²) in [5, 5.41) is 11.3.